The molecule has 1 radical (unpaired) electrons. The Balaban J connectivity index is 2.86. The first-order valence-electron chi connectivity index (χ1n) is 3.73. The van der Waals surface area contributed by atoms with Gasteiger partial charge >= 0.3 is 0 Å². The molecule has 0 bridgehead atoms. The highest BCUT2D eigenvalue weighted by Gasteiger charge is 1.96. The smallest absolute Gasteiger partial charge is 0.0463 e. The number of nitrogens with one attached hydrogen (secondary N) is 1. The first-order valence-corrected chi connectivity index (χ1v) is 3.73. The molecule has 1 aromatic carbocycles. The normalized spacial score (nSPS) is 10.7. The van der Waals surface area contributed by atoms with Crippen molar-refractivity contribution in [3.63, 3.8) is 0 Å². The molecule has 1 N–H and O–H groups in total. The van der Waals surface area contributed by atoms with E-state index >= 15 is 0 Å². The zero-order chi connectivity index (χ0) is 7.84. The van der Waals surface area contributed by atoms with Crippen LogP contribution in [-0.2, 0) is 0 Å². The number of fused-ring (bicyclic) bond motifs is 1. The Bertz CT molecular complexity index is 349. The van der Waals surface area contributed by atoms with Gasteiger partial charge in [0.25, 0.3) is 0 Å². The monoisotopic (exact) mass is 144 g/mol. The third-order valence-electron chi connectivity index (χ3n) is 2.09. The summed E-state index contributed by atoms with van der Waals surface area (Å²) in [6, 6.07) is 7.44. The number of hydrogen-bond donors (Lipinski definition) is 1. The number of rotatable bonds is 0. The van der Waals surface area contributed by atoms with Gasteiger partial charge in [0.05, 0.1) is 0 Å². The molecule has 0 spiro atoms. The van der Waals surface area contributed by atoms with E-state index in [2.05, 4.69) is 37.0 Å². The van der Waals surface area contributed by atoms with Gasteiger partial charge in [-0.1, -0.05) is 0 Å². The van der Waals surface area contributed by atoms with Gasteiger partial charge in [-0.3, -0.25) is 0 Å². The summed E-state index contributed by atoms with van der Waals surface area (Å²) in [5.41, 5.74) is 3.83. The second-order valence-electron chi connectivity index (χ2n) is 2.92. The largest absolute Gasteiger partial charge is 0.361 e. The van der Waals surface area contributed by atoms with Crippen molar-refractivity contribution in [3.05, 3.63) is 35.5 Å². The van der Waals surface area contributed by atoms with E-state index in [1.165, 1.54) is 22.0 Å². The van der Waals surface area contributed by atoms with Crippen LogP contribution in [0, 0.1) is 19.9 Å². The maximum absolute atomic E-state index is 3.13. The molecule has 0 aliphatic rings. The molecular weight excluding hydrogens is 134 g/mol. The lowest BCUT2D eigenvalue weighted by atomic mass is 10.1. The summed E-state index contributed by atoms with van der Waals surface area (Å²) < 4.78 is 0. The van der Waals surface area contributed by atoms with Gasteiger partial charge in [0.1, 0.15) is 0 Å². The molecule has 1 nitrogen and oxygen atoms in total. The fraction of sp³-hybridized carbons (Fsp3) is 0.200. The second kappa shape index (κ2) is 2.12. The highest BCUT2D eigenvalue weighted by Crippen LogP contribution is 2.16. The van der Waals surface area contributed by atoms with Crippen molar-refractivity contribution in [2.75, 3.05) is 0 Å². The van der Waals surface area contributed by atoms with Crippen molar-refractivity contribution in [2.24, 2.45) is 0 Å². The van der Waals surface area contributed by atoms with Gasteiger partial charge in [-0.25, -0.2) is 0 Å². The van der Waals surface area contributed by atoms with Crippen molar-refractivity contribution in [2.45, 2.75) is 13.8 Å². The molecule has 1 aromatic heterocycles. The number of aromatic amines is 1. The predicted octanol–water partition coefficient (Wildman–Crippen LogP) is 2.58. The molecular formula is C10H10N. The Hall–Kier alpha value is -1.24. The van der Waals surface area contributed by atoms with Gasteiger partial charge in [-0.2, -0.15) is 0 Å². The highest BCUT2D eigenvalue weighted by molar-refractivity contribution is 5.80. The number of H-pyrrole nitrogens is 1. The molecule has 0 aliphatic heterocycles. The van der Waals surface area contributed by atoms with E-state index in [-0.39, 0.29) is 0 Å². The van der Waals surface area contributed by atoms with Crippen LogP contribution in [0.15, 0.2) is 18.3 Å². The maximum atomic E-state index is 3.13. The summed E-state index contributed by atoms with van der Waals surface area (Å²) in [7, 11) is 0. The molecule has 0 fully saturated rings. The van der Waals surface area contributed by atoms with Gasteiger partial charge in [0.15, 0.2) is 0 Å². The van der Waals surface area contributed by atoms with Crippen LogP contribution < -0.4 is 0 Å². The zero-order valence-corrected chi connectivity index (χ0v) is 6.73. The van der Waals surface area contributed by atoms with Crippen molar-refractivity contribution in [1.29, 1.82) is 0 Å². The van der Waals surface area contributed by atoms with Gasteiger partial charge in [0.2, 0.25) is 0 Å². The number of aromatic nitrogens is 1. The lowest BCUT2D eigenvalue weighted by Gasteiger charge is -1.98. The van der Waals surface area contributed by atoms with Crippen LogP contribution in [-0.4, -0.2) is 4.98 Å². The van der Waals surface area contributed by atoms with Crippen LogP contribution in [0.3, 0.4) is 0 Å². The zero-order valence-electron chi connectivity index (χ0n) is 6.73. The number of hydrogen-bond acceptors (Lipinski definition) is 0. The molecule has 0 atom stereocenters. The summed E-state index contributed by atoms with van der Waals surface area (Å²) in [4.78, 5) is 3.13. The Morgan fingerprint density at radius 3 is 2.73 bits per heavy atom. The Morgan fingerprint density at radius 1 is 1.18 bits per heavy atom. The van der Waals surface area contributed by atoms with Crippen molar-refractivity contribution in [3.8, 4) is 0 Å². The molecule has 0 amide bonds. The molecule has 1 heteroatoms. The van der Waals surface area contributed by atoms with E-state index < -0.39 is 0 Å². The third-order valence-corrected chi connectivity index (χ3v) is 2.09. The summed E-state index contributed by atoms with van der Waals surface area (Å²) in [6.07, 6.45) is 1.85. The standard InChI is InChI=1S/C10H10N/c1-7-5-9-3-4-11-10(9)6-8(7)2/h4-6,11H,1-2H3. The summed E-state index contributed by atoms with van der Waals surface area (Å²) in [5, 5.41) is 1.17. The highest BCUT2D eigenvalue weighted by atomic mass is 14.7. The van der Waals surface area contributed by atoms with Crippen LogP contribution in [0.2, 0.25) is 0 Å². The van der Waals surface area contributed by atoms with Gasteiger partial charge in [0, 0.05) is 23.2 Å². The third kappa shape index (κ3) is 0.929. The molecule has 1 heterocycles. The SMILES string of the molecule is Cc1cc2[c]c[nH]c2cc1C. The minimum absolute atomic E-state index is 1.17. The van der Waals surface area contributed by atoms with Gasteiger partial charge in [-0.15, -0.1) is 0 Å². The van der Waals surface area contributed by atoms with Crippen molar-refractivity contribution >= 4 is 10.9 Å². The van der Waals surface area contributed by atoms with Crippen LogP contribution >= 0.6 is 0 Å². The fourth-order valence-corrected chi connectivity index (χ4v) is 1.25. The Kier molecular flexibility index (Phi) is 1.25. The average Bonchev–Trinajstić information content (AvgIpc) is 2.36. The van der Waals surface area contributed by atoms with Crippen LogP contribution in [0.25, 0.3) is 10.9 Å². The second-order valence-corrected chi connectivity index (χ2v) is 2.92. The topological polar surface area (TPSA) is 15.8 Å². The van der Waals surface area contributed by atoms with Gasteiger partial charge in [-0.05, 0) is 37.1 Å². The maximum Gasteiger partial charge on any atom is 0.0463 e. The van der Waals surface area contributed by atoms with E-state index in [0.29, 0.717) is 0 Å². The Morgan fingerprint density at radius 2 is 1.91 bits per heavy atom. The number of benzene rings is 1. The molecule has 0 saturated carbocycles. The molecule has 11 heavy (non-hydrogen) atoms. The molecule has 2 aromatic rings. The molecule has 0 saturated heterocycles. The first-order chi connectivity index (χ1) is 5.27. The van der Waals surface area contributed by atoms with E-state index in [1.54, 1.807) is 0 Å². The van der Waals surface area contributed by atoms with E-state index in [9.17, 15) is 0 Å². The molecule has 55 valence electrons. The molecule has 0 unspecified atom stereocenters. The van der Waals surface area contributed by atoms with Crippen LogP contribution in [0.1, 0.15) is 11.1 Å². The minimum atomic E-state index is 1.17. The summed E-state index contributed by atoms with van der Waals surface area (Å²) in [5.74, 6) is 0. The minimum Gasteiger partial charge on any atom is -0.361 e. The summed E-state index contributed by atoms with van der Waals surface area (Å²) in [6.45, 7) is 4.24. The molecule has 2 rings (SSSR count). The molecule has 0 aliphatic carbocycles. The lowest BCUT2D eigenvalue weighted by molar-refractivity contribution is 1.35. The van der Waals surface area contributed by atoms with Crippen LogP contribution in [0.4, 0.5) is 0 Å². The quantitative estimate of drug-likeness (QED) is 0.585. The fourth-order valence-electron chi connectivity index (χ4n) is 1.25. The first kappa shape index (κ1) is 6.47. The van der Waals surface area contributed by atoms with Crippen molar-refractivity contribution in [1.82, 2.24) is 4.98 Å². The number of aryl methyl sites for hydroxylation is 2. The average molecular weight is 144 g/mol. The van der Waals surface area contributed by atoms with E-state index in [4.69, 9.17) is 0 Å². The predicted molar refractivity (Wildman–Crippen MR) is 46.6 cm³/mol. The van der Waals surface area contributed by atoms with E-state index in [0.717, 1.165) is 0 Å². The van der Waals surface area contributed by atoms with Crippen LogP contribution in [0.5, 0.6) is 0 Å². The van der Waals surface area contributed by atoms with Gasteiger partial charge < -0.3 is 4.98 Å². The van der Waals surface area contributed by atoms with Crippen molar-refractivity contribution < 1.29 is 0 Å². The lowest BCUT2D eigenvalue weighted by Crippen LogP contribution is -1.79. The van der Waals surface area contributed by atoms with E-state index in [1.807, 2.05) is 6.20 Å². The Labute approximate surface area is 66.1 Å². The summed E-state index contributed by atoms with van der Waals surface area (Å²) >= 11 is 0.